The molecule has 0 saturated heterocycles. The minimum Gasteiger partial charge on any atom is -0.396 e. The third-order valence-electron chi connectivity index (χ3n) is 3.06. The molecule has 0 radical (unpaired) electrons. The minimum atomic E-state index is -4.70. The highest BCUT2D eigenvalue weighted by Gasteiger charge is 2.38. The number of benzene rings is 1. The lowest BCUT2D eigenvalue weighted by molar-refractivity contribution is -0.159. The third-order valence-corrected chi connectivity index (χ3v) is 3.06. The van der Waals surface area contributed by atoms with Crippen LogP contribution in [0.1, 0.15) is 22.7 Å². The van der Waals surface area contributed by atoms with E-state index in [0.717, 1.165) is 0 Å². The summed E-state index contributed by atoms with van der Waals surface area (Å²) in [6.07, 6.45) is -4.24. The highest BCUT2D eigenvalue weighted by molar-refractivity contribution is 5.94. The largest absolute Gasteiger partial charge is 0.471 e. The summed E-state index contributed by atoms with van der Waals surface area (Å²) in [7, 11) is 1.60. The van der Waals surface area contributed by atoms with Crippen molar-refractivity contribution in [2.45, 2.75) is 12.6 Å². The molecule has 6 nitrogen and oxygen atoms in total. The molecule has 0 spiro atoms. The Hall–Kier alpha value is -2.42. The lowest BCUT2D eigenvalue weighted by Crippen LogP contribution is -2.28. The zero-order valence-corrected chi connectivity index (χ0v) is 12.2. The fourth-order valence-electron chi connectivity index (χ4n) is 1.85. The maximum atomic E-state index is 12.4. The summed E-state index contributed by atoms with van der Waals surface area (Å²) in [4.78, 5) is 16.8. The number of halogens is 3. The number of aromatic nitrogens is 2. The van der Waals surface area contributed by atoms with Crippen LogP contribution in [-0.2, 0) is 6.18 Å². The highest BCUT2D eigenvalue weighted by Crippen LogP contribution is 2.29. The Morgan fingerprint density at radius 3 is 2.48 bits per heavy atom. The third kappa shape index (κ3) is 4.07. The first-order valence-electron chi connectivity index (χ1n) is 6.70. The lowest BCUT2D eigenvalue weighted by atomic mass is 10.1. The van der Waals surface area contributed by atoms with Gasteiger partial charge in [0.15, 0.2) is 0 Å². The number of carbonyl (C=O) groups is 1. The first-order chi connectivity index (χ1) is 10.8. The van der Waals surface area contributed by atoms with Crippen molar-refractivity contribution in [3.05, 3.63) is 35.7 Å². The Balaban J connectivity index is 2.13. The molecule has 9 heteroatoms. The lowest BCUT2D eigenvalue weighted by Gasteiger charge is -2.16. The quantitative estimate of drug-likeness (QED) is 0.910. The summed E-state index contributed by atoms with van der Waals surface area (Å²) >= 11 is 0. The molecule has 0 aliphatic rings. The van der Waals surface area contributed by atoms with Gasteiger partial charge in [0.25, 0.3) is 5.91 Å². The summed E-state index contributed by atoms with van der Waals surface area (Å²) in [5.41, 5.74) is 0.674. The monoisotopic (exact) mass is 329 g/mol. The Kier molecular flexibility index (Phi) is 4.99. The number of alkyl halides is 3. The molecular formula is C14H14F3N3O3. The molecule has 1 heterocycles. The van der Waals surface area contributed by atoms with Crippen LogP contribution in [0.2, 0.25) is 0 Å². The number of rotatable bonds is 5. The van der Waals surface area contributed by atoms with Gasteiger partial charge in [-0.1, -0.05) is 17.3 Å². The molecule has 1 aromatic heterocycles. The van der Waals surface area contributed by atoms with Gasteiger partial charge in [0, 0.05) is 31.3 Å². The van der Waals surface area contributed by atoms with E-state index >= 15 is 0 Å². The van der Waals surface area contributed by atoms with Gasteiger partial charge in [-0.15, -0.1) is 0 Å². The van der Waals surface area contributed by atoms with Crippen LogP contribution in [0.15, 0.2) is 28.8 Å². The second kappa shape index (κ2) is 6.78. The van der Waals surface area contributed by atoms with Gasteiger partial charge in [-0.2, -0.15) is 18.2 Å². The molecule has 2 rings (SSSR count). The molecule has 0 unspecified atom stereocenters. The van der Waals surface area contributed by atoms with Crippen molar-refractivity contribution < 1.29 is 27.6 Å². The van der Waals surface area contributed by atoms with Crippen molar-refractivity contribution in [2.75, 3.05) is 20.2 Å². The van der Waals surface area contributed by atoms with Gasteiger partial charge in [-0.05, 0) is 18.6 Å². The zero-order chi connectivity index (χ0) is 17.0. The first kappa shape index (κ1) is 16.9. The number of nitrogens with zero attached hydrogens (tertiary/aromatic N) is 3. The average molecular weight is 329 g/mol. The van der Waals surface area contributed by atoms with Gasteiger partial charge >= 0.3 is 12.1 Å². The summed E-state index contributed by atoms with van der Waals surface area (Å²) in [5.74, 6) is -1.88. The van der Waals surface area contributed by atoms with E-state index in [-0.39, 0.29) is 18.3 Å². The van der Waals surface area contributed by atoms with Gasteiger partial charge in [0.05, 0.1) is 0 Å². The van der Waals surface area contributed by atoms with Crippen molar-refractivity contribution in [2.24, 2.45) is 0 Å². The molecule has 0 aliphatic carbocycles. The molecule has 0 fully saturated rings. The van der Waals surface area contributed by atoms with E-state index in [9.17, 15) is 18.0 Å². The Morgan fingerprint density at radius 2 is 1.96 bits per heavy atom. The first-order valence-corrected chi connectivity index (χ1v) is 6.70. The maximum Gasteiger partial charge on any atom is 0.471 e. The number of carbonyl (C=O) groups excluding carboxylic acids is 1. The summed E-state index contributed by atoms with van der Waals surface area (Å²) in [5, 5.41) is 12.0. The fourth-order valence-corrected chi connectivity index (χ4v) is 1.85. The van der Waals surface area contributed by atoms with E-state index in [0.29, 0.717) is 24.1 Å². The Bertz CT molecular complexity index is 668. The number of aliphatic hydroxyl groups is 1. The number of hydrogen-bond donors (Lipinski definition) is 1. The van der Waals surface area contributed by atoms with Crippen LogP contribution in [0.5, 0.6) is 0 Å². The van der Waals surface area contributed by atoms with Gasteiger partial charge in [0.1, 0.15) is 0 Å². The van der Waals surface area contributed by atoms with Crippen LogP contribution >= 0.6 is 0 Å². The molecular weight excluding hydrogens is 315 g/mol. The Morgan fingerprint density at radius 1 is 1.30 bits per heavy atom. The molecule has 0 saturated carbocycles. The maximum absolute atomic E-state index is 12.4. The second-order valence-corrected chi connectivity index (χ2v) is 4.80. The normalized spacial score (nSPS) is 11.5. The number of hydrogen-bond acceptors (Lipinski definition) is 5. The van der Waals surface area contributed by atoms with Gasteiger partial charge < -0.3 is 14.5 Å². The van der Waals surface area contributed by atoms with E-state index in [4.69, 9.17) is 5.11 Å². The molecule has 2 aromatic rings. The second-order valence-electron chi connectivity index (χ2n) is 4.80. The SMILES string of the molecule is CN(CCCO)C(=O)c1ccc(-c2noc(C(F)(F)F)n2)cc1. The molecule has 124 valence electrons. The van der Waals surface area contributed by atoms with Crippen LogP contribution in [-0.4, -0.2) is 46.3 Å². The van der Waals surface area contributed by atoms with Crippen LogP contribution in [0.25, 0.3) is 11.4 Å². The predicted molar refractivity (Wildman–Crippen MR) is 73.4 cm³/mol. The molecule has 1 N–H and O–H groups in total. The van der Waals surface area contributed by atoms with Crippen LogP contribution < -0.4 is 0 Å². The van der Waals surface area contributed by atoms with E-state index in [1.54, 1.807) is 7.05 Å². The summed E-state index contributed by atoms with van der Waals surface area (Å²) in [6.45, 7) is 0.382. The molecule has 0 aliphatic heterocycles. The van der Waals surface area contributed by atoms with Crippen LogP contribution in [0, 0.1) is 0 Å². The van der Waals surface area contributed by atoms with Crippen LogP contribution in [0.4, 0.5) is 13.2 Å². The van der Waals surface area contributed by atoms with E-state index in [2.05, 4.69) is 14.7 Å². The Labute approximate surface area is 129 Å². The van der Waals surface area contributed by atoms with Crippen molar-refractivity contribution in [3.8, 4) is 11.4 Å². The molecule has 23 heavy (non-hydrogen) atoms. The molecule has 1 aromatic carbocycles. The van der Waals surface area contributed by atoms with E-state index < -0.39 is 12.1 Å². The zero-order valence-electron chi connectivity index (χ0n) is 12.2. The van der Waals surface area contributed by atoms with Crippen molar-refractivity contribution >= 4 is 5.91 Å². The topological polar surface area (TPSA) is 79.5 Å². The summed E-state index contributed by atoms with van der Waals surface area (Å²) in [6, 6.07) is 5.82. The highest BCUT2D eigenvalue weighted by atomic mass is 19.4. The standard InChI is InChI=1S/C14H14F3N3O3/c1-20(7-2-8-21)12(22)10-5-3-9(4-6-10)11-18-13(23-19-11)14(15,16)17/h3-6,21H,2,7-8H2,1H3. The number of amides is 1. The van der Waals surface area contributed by atoms with E-state index in [1.165, 1.54) is 29.2 Å². The molecule has 0 atom stereocenters. The summed E-state index contributed by atoms with van der Waals surface area (Å²) < 4.78 is 41.4. The van der Waals surface area contributed by atoms with Gasteiger partial charge in [0.2, 0.25) is 5.82 Å². The number of aliphatic hydroxyl groups excluding tert-OH is 1. The van der Waals surface area contributed by atoms with Crippen molar-refractivity contribution in [3.63, 3.8) is 0 Å². The smallest absolute Gasteiger partial charge is 0.396 e. The average Bonchev–Trinajstić information content (AvgIpc) is 3.02. The van der Waals surface area contributed by atoms with Crippen molar-refractivity contribution in [1.82, 2.24) is 15.0 Å². The van der Waals surface area contributed by atoms with Gasteiger partial charge in [-0.3, -0.25) is 4.79 Å². The van der Waals surface area contributed by atoms with E-state index in [1.807, 2.05) is 0 Å². The molecule has 0 bridgehead atoms. The van der Waals surface area contributed by atoms with Crippen molar-refractivity contribution in [1.29, 1.82) is 0 Å². The van der Waals surface area contributed by atoms with Crippen LogP contribution in [0.3, 0.4) is 0 Å². The minimum absolute atomic E-state index is 0.0179. The fraction of sp³-hybridized carbons (Fsp3) is 0.357. The molecule has 1 amide bonds. The predicted octanol–water partition coefficient (Wildman–Crippen LogP) is 2.21. The van der Waals surface area contributed by atoms with Gasteiger partial charge in [-0.25, -0.2) is 0 Å².